The second-order valence-corrected chi connectivity index (χ2v) is 10.4. The number of hydrogen-bond acceptors (Lipinski definition) is 5. The SMILES string of the molecule is Cc1c(C#N)c(NC(=O)CSc2nnc(-c3ccccc3F)n2C2CC2)n(C2CCCCC2)c1C. The van der Waals surface area contributed by atoms with E-state index in [0.717, 1.165) is 49.8 Å². The maximum atomic E-state index is 14.4. The van der Waals surface area contributed by atoms with E-state index in [4.69, 9.17) is 0 Å². The van der Waals surface area contributed by atoms with Crippen LogP contribution in [0.15, 0.2) is 29.4 Å². The number of benzene rings is 1. The number of nitrogens with zero attached hydrogens (tertiary/aromatic N) is 5. The normalized spacial score (nSPS) is 16.3. The van der Waals surface area contributed by atoms with Crippen molar-refractivity contribution in [3.05, 3.63) is 46.9 Å². The molecule has 0 aliphatic heterocycles. The summed E-state index contributed by atoms with van der Waals surface area (Å²) in [5.74, 6) is 0.697. The van der Waals surface area contributed by atoms with Crippen LogP contribution in [-0.2, 0) is 4.79 Å². The fraction of sp³-hybridized carbons (Fsp3) is 0.462. The van der Waals surface area contributed by atoms with E-state index in [2.05, 4.69) is 26.2 Å². The van der Waals surface area contributed by atoms with Gasteiger partial charge in [-0.3, -0.25) is 9.36 Å². The minimum absolute atomic E-state index is 0.126. The molecule has 2 fully saturated rings. The molecule has 0 spiro atoms. The Morgan fingerprint density at radius 2 is 1.83 bits per heavy atom. The van der Waals surface area contributed by atoms with Gasteiger partial charge in [0, 0.05) is 17.8 Å². The van der Waals surface area contributed by atoms with E-state index < -0.39 is 0 Å². The van der Waals surface area contributed by atoms with Gasteiger partial charge in [0.25, 0.3) is 0 Å². The second-order valence-electron chi connectivity index (χ2n) is 9.43. The number of carbonyl (C=O) groups excluding carboxylic acids is 1. The summed E-state index contributed by atoms with van der Waals surface area (Å²) < 4.78 is 18.5. The summed E-state index contributed by atoms with van der Waals surface area (Å²) in [6.45, 7) is 3.97. The number of anilines is 1. The predicted octanol–water partition coefficient (Wildman–Crippen LogP) is 5.95. The number of nitrogens with one attached hydrogen (secondary N) is 1. The molecule has 2 aromatic heterocycles. The third-order valence-electron chi connectivity index (χ3n) is 7.09. The first-order valence-corrected chi connectivity index (χ1v) is 13.2. The lowest BCUT2D eigenvalue weighted by molar-refractivity contribution is -0.113. The molecular weight excluding hydrogens is 463 g/mol. The summed E-state index contributed by atoms with van der Waals surface area (Å²) >= 11 is 1.29. The van der Waals surface area contributed by atoms with Crippen LogP contribution in [0, 0.1) is 31.0 Å². The molecule has 3 aromatic rings. The zero-order valence-corrected chi connectivity index (χ0v) is 20.9. The van der Waals surface area contributed by atoms with E-state index in [9.17, 15) is 14.4 Å². The minimum Gasteiger partial charge on any atom is -0.327 e. The Balaban J connectivity index is 1.36. The fourth-order valence-electron chi connectivity index (χ4n) is 5.04. The number of halogens is 1. The number of aromatic nitrogens is 4. The van der Waals surface area contributed by atoms with E-state index >= 15 is 0 Å². The Morgan fingerprint density at radius 1 is 1.11 bits per heavy atom. The van der Waals surface area contributed by atoms with Gasteiger partial charge in [0.2, 0.25) is 5.91 Å². The van der Waals surface area contributed by atoms with Crippen LogP contribution >= 0.6 is 11.8 Å². The molecule has 0 atom stereocenters. The first-order valence-electron chi connectivity index (χ1n) is 12.2. The molecule has 2 heterocycles. The van der Waals surface area contributed by atoms with Crippen molar-refractivity contribution in [3.8, 4) is 17.5 Å². The molecule has 9 heteroatoms. The average Bonchev–Trinajstić information content (AvgIpc) is 3.57. The lowest BCUT2D eigenvalue weighted by Crippen LogP contribution is -2.22. The van der Waals surface area contributed by atoms with Gasteiger partial charge < -0.3 is 9.88 Å². The van der Waals surface area contributed by atoms with Gasteiger partial charge in [-0.05, 0) is 57.2 Å². The Hall–Kier alpha value is -3.12. The standard InChI is InChI=1S/C26H29FN6OS/c1-16-17(2)32(18-8-4-3-5-9-18)24(21(16)14-28)29-23(34)15-35-26-31-30-25(33(26)19-12-13-19)20-10-6-7-11-22(20)27/h6-7,10-11,18-19H,3-5,8-9,12-13,15H2,1-2H3,(H,29,34). The number of rotatable bonds is 7. The first kappa shape index (κ1) is 23.6. The van der Waals surface area contributed by atoms with Gasteiger partial charge in [-0.1, -0.05) is 43.2 Å². The molecule has 2 saturated carbocycles. The molecule has 0 unspecified atom stereocenters. The highest BCUT2D eigenvalue weighted by atomic mass is 32.2. The van der Waals surface area contributed by atoms with E-state index in [1.54, 1.807) is 18.2 Å². The van der Waals surface area contributed by atoms with Crippen molar-refractivity contribution in [2.45, 2.75) is 76.0 Å². The topological polar surface area (TPSA) is 88.5 Å². The van der Waals surface area contributed by atoms with Gasteiger partial charge >= 0.3 is 0 Å². The molecule has 0 saturated heterocycles. The zero-order valence-electron chi connectivity index (χ0n) is 20.1. The number of hydrogen-bond donors (Lipinski definition) is 1. The highest BCUT2D eigenvalue weighted by Crippen LogP contribution is 2.41. The van der Waals surface area contributed by atoms with Crippen LogP contribution in [0.5, 0.6) is 0 Å². The molecule has 7 nitrogen and oxygen atoms in total. The summed E-state index contributed by atoms with van der Waals surface area (Å²) in [5.41, 5.74) is 2.91. The lowest BCUT2D eigenvalue weighted by Gasteiger charge is -2.27. The van der Waals surface area contributed by atoms with Crippen molar-refractivity contribution in [2.24, 2.45) is 0 Å². The number of amides is 1. The van der Waals surface area contributed by atoms with Crippen molar-refractivity contribution in [2.75, 3.05) is 11.1 Å². The highest BCUT2D eigenvalue weighted by molar-refractivity contribution is 7.99. The van der Waals surface area contributed by atoms with Crippen molar-refractivity contribution in [1.29, 1.82) is 5.26 Å². The highest BCUT2D eigenvalue weighted by Gasteiger charge is 2.31. The smallest absolute Gasteiger partial charge is 0.235 e. The van der Waals surface area contributed by atoms with Crippen LogP contribution in [0.25, 0.3) is 11.4 Å². The quantitative estimate of drug-likeness (QED) is 0.412. The van der Waals surface area contributed by atoms with Crippen molar-refractivity contribution in [3.63, 3.8) is 0 Å². The van der Waals surface area contributed by atoms with Crippen LogP contribution in [0.2, 0.25) is 0 Å². The average molecular weight is 493 g/mol. The van der Waals surface area contributed by atoms with Crippen LogP contribution in [0.4, 0.5) is 10.2 Å². The van der Waals surface area contributed by atoms with Crippen LogP contribution in [0.1, 0.15) is 73.9 Å². The molecule has 1 amide bonds. The number of thioether (sulfide) groups is 1. The number of nitriles is 1. The minimum atomic E-state index is -0.339. The van der Waals surface area contributed by atoms with Crippen molar-refractivity contribution >= 4 is 23.5 Å². The maximum absolute atomic E-state index is 14.4. The van der Waals surface area contributed by atoms with Gasteiger partial charge in [-0.2, -0.15) is 5.26 Å². The number of carbonyl (C=O) groups is 1. The fourth-order valence-corrected chi connectivity index (χ4v) is 5.85. The zero-order chi connectivity index (χ0) is 24.5. The third kappa shape index (κ3) is 4.59. The second kappa shape index (κ2) is 9.86. The lowest BCUT2D eigenvalue weighted by atomic mass is 9.95. The van der Waals surface area contributed by atoms with Gasteiger partial charge in [0.1, 0.15) is 17.7 Å². The van der Waals surface area contributed by atoms with E-state index in [-0.39, 0.29) is 23.5 Å². The molecule has 0 radical (unpaired) electrons. The monoisotopic (exact) mass is 492 g/mol. The summed E-state index contributed by atoms with van der Waals surface area (Å²) in [5, 5.41) is 22.0. The maximum Gasteiger partial charge on any atom is 0.235 e. The van der Waals surface area contributed by atoms with Crippen molar-refractivity contribution in [1.82, 2.24) is 19.3 Å². The van der Waals surface area contributed by atoms with Crippen LogP contribution < -0.4 is 5.32 Å². The van der Waals surface area contributed by atoms with E-state index in [1.165, 1.54) is 24.2 Å². The Bertz CT molecular complexity index is 1300. The molecule has 1 N–H and O–H groups in total. The van der Waals surface area contributed by atoms with Crippen LogP contribution in [0.3, 0.4) is 0 Å². The van der Waals surface area contributed by atoms with E-state index in [0.29, 0.717) is 34.0 Å². The van der Waals surface area contributed by atoms with Gasteiger partial charge in [0.05, 0.1) is 16.9 Å². The molecule has 2 aliphatic carbocycles. The largest absolute Gasteiger partial charge is 0.327 e. The Kier molecular flexibility index (Phi) is 6.65. The predicted molar refractivity (Wildman–Crippen MR) is 134 cm³/mol. The first-order chi connectivity index (χ1) is 17.0. The van der Waals surface area contributed by atoms with E-state index in [1.807, 2.05) is 18.4 Å². The molecule has 35 heavy (non-hydrogen) atoms. The molecule has 182 valence electrons. The van der Waals surface area contributed by atoms with Gasteiger partial charge in [-0.15, -0.1) is 10.2 Å². The summed E-state index contributed by atoms with van der Waals surface area (Å²) in [6, 6.07) is 9.37. The Morgan fingerprint density at radius 3 is 2.51 bits per heavy atom. The summed E-state index contributed by atoms with van der Waals surface area (Å²) in [4.78, 5) is 13.1. The van der Waals surface area contributed by atoms with Crippen molar-refractivity contribution < 1.29 is 9.18 Å². The summed E-state index contributed by atoms with van der Waals surface area (Å²) in [6.07, 6.45) is 7.63. The van der Waals surface area contributed by atoms with Crippen LogP contribution in [-0.4, -0.2) is 31.0 Å². The molecule has 0 bridgehead atoms. The molecule has 1 aromatic carbocycles. The molecular formula is C26H29FN6OS. The Labute approximate surface area is 208 Å². The molecule has 2 aliphatic rings. The van der Waals surface area contributed by atoms with Gasteiger partial charge in [-0.25, -0.2) is 4.39 Å². The third-order valence-corrected chi connectivity index (χ3v) is 8.03. The summed E-state index contributed by atoms with van der Waals surface area (Å²) in [7, 11) is 0. The van der Waals surface area contributed by atoms with Gasteiger partial charge in [0.15, 0.2) is 11.0 Å². The molecule has 5 rings (SSSR count).